The molecule has 1 heterocycles. The Morgan fingerprint density at radius 3 is 2.42 bits per heavy atom. The van der Waals surface area contributed by atoms with Crippen molar-refractivity contribution in [2.75, 3.05) is 32.7 Å². The number of benzene rings is 1. The topological polar surface area (TPSA) is 40.6 Å². The van der Waals surface area contributed by atoms with E-state index in [4.69, 9.17) is 11.6 Å². The van der Waals surface area contributed by atoms with Crippen LogP contribution in [0.5, 0.6) is 0 Å². The van der Waals surface area contributed by atoms with E-state index in [1.165, 1.54) is 16.4 Å². The molecule has 4 nitrogen and oxygen atoms in total. The largest absolute Gasteiger partial charge is 0.301 e. The summed E-state index contributed by atoms with van der Waals surface area (Å²) >= 11 is 5.64. The van der Waals surface area contributed by atoms with Gasteiger partial charge in [0, 0.05) is 31.2 Å². The van der Waals surface area contributed by atoms with Crippen LogP contribution in [0.15, 0.2) is 23.1 Å². The van der Waals surface area contributed by atoms with Gasteiger partial charge in [0.05, 0.1) is 0 Å². The van der Waals surface area contributed by atoms with Gasteiger partial charge in [0.25, 0.3) is 0 Å². The first-order valence-electron chi connectivity index (χ1n) is 6.12. The maximum Gasteiger partial charge on any atom is 0.246 e. The summed E-state index contributed by atoms with van der Waals surface area (Å²) in [5.41, 5.74) is 0. The Hall–Kier alpha value is -0.690. The quantitative estimate of drug-likeness (QED) is 0.855. The second kappa shape index (κ2) is 5.75. The van der Waals surface area contributed by atoms with Gasteiger partial charge in [-0.05, 0) is 24.7 Å². The van der Waals surface area contributed by atoms with Crippen molar-refractivity contribution in [1.29, 1.82) is 0 Å². The fourth-order valence-corrected chi connectivity index (χ4v) is 3.74. The molecule has 0 N–H and O–H groups in total. The molecule has 0 spiro atoms. The standard InChI is InChI=1S/C12H16ClFN2O2S/c1-2-15-5-7-16(8-6-15)19(17,18)12-4-3-10(13)9-11(12)14/h3-4,9H,2,5-8H2,1H3. The summed E-state index contributed by atoms with van der Waals surface area (Å²) < 4.78 is 39.7. The molecular formula is C12H16ClFN2O2S. The SMILES string of the molecule is CCN1CCN(S(=O)(=O)c2ccc(Cl)cc2F)CC1. The predicted octanol–water partition coefficient (Wildman–Crippen LogP) is 1.81. The van der Waals surface area contributed by atoms with Gasteiger partial charge >= 0.3 is 0 Å². The summed E-state index contributed by atoms with van der Waals surface area (Å²) in [6.45, 7) is 5.04. The zero-order valence-electron chi connectivity index (χ0n) is 10.6. The highest BCUT2D eigenvalue weighted by Crippen LogP contribution is 2.23. The van der Waals surface area contributed by atoms with E-state index in [0.717, 1.165) is 12.6 Å². The lowest BCUT2D eigenvalue weighted by Crippen LogP contribution is -2.48. The average Bonchev–Trinajstić information content (AvgIpc) is 2.38. The zero-order chi connectivity index (χ0) is 14.0. The monoisotopic (exact) mass is 306 g/mol. The lowest BCUT2D eigenvalue weighted by molar-refractivity contribution is 0.196. The number of likely N-dealkylation sites (N-methyl/N-ethyl adjacent to an activating group) is 1. The summed E-state index contributed by atoms with van der Waals surface area (Å²) in [6.07, 6.45) is 0. The van der Waals surface area contributed by atoms with Crippen LogP contribution in [0, 0.1) is 5.82 Å². The van der Waals surface area contributed by atoms with Crippen LogP contribution in [0.25, 0.3) is 0 Å². The van der Waals surface area contributed by atoms with Gasteiger partial charge in [-0.15, -0.1) is 0 Å². The highest BCUT2D eigenvalue weighted by Gasteiger charge is 2.30. The molecule has 19 heavy (non-hydrogen) atoms. The lowest BCUT2D eigenvalue weighted by Gasteiger charge is -2.33. The Kier molecular flexibility index (Phi) is 4.45. The van der Waals surface area contributed by atoms with E-state index in [1.807, 2.05) is 6.92 Å². The first-order valence-corrected chi connectivity index (χ1v) is 7.94. The molecule has 1 aliphatic rings. The number of hydrogen-bond donors (Lipinski definition) is 0. The molecule has 0 bridgehead atoms. The second-order valence-corrected chi connectivity index (χ2v) is 6.76. The molecule has 2 rings (SSSR count). The summed E-state index contributed by atoms with van der Waals surface area (Å²) in [7, 11) is -3.77. The highest BCUT2D eigenvalue weighted by molar-refractivity contribution is 7.89. The first-order chi connectivity index (χ1) is 8.95. The van der Waals surface area contributed by atoms with Crippen LogP contribution in [0.4, 0.5) is 4.39 Å². The molecule has 1 saturated heterocycles. The van der Waals surface area contributed by atoms with Gasteiger partial charge in [-0.25, -0.2) is 12.8 Å². The molecule has 7 heteroatoms. The molecule has 1 aromatic carbocycles. The Bertz CT molecular complexity index is 557. The molecule has 0 aliphatic carbocycles. The normalized spacial score (nSPS) is 18.7. The Labute approximate surface area is 117 Å². The van der Waals surface area contributed by atoms with Crippen molar-refractivity contribution in [1.82, 2.24) is 9.21 Å². The molecular weight excluding hydrogens is 291 g/mol. The van der Waals surface area contributed by atoms with E-state index in [2.05, 4.69) is 4.90 Å². The van der Waals surface area contributed by atoms with Crippen molar-refractivity contribution >= 4 is 21.6 Å². The Balaban J connectivity index is 2.23. The van der Waals surface area contributed by atoms with Crippen LogP contribution < -0.4 is 0 Å². The van der Waals surface area contributed by atoms with Gasteiger partial charge < -0.3 is 4.90 Å². The number of rotatable bonds is 3. The van der Waals surface area contributed by atoms with Crippen molar-refractivity contribution in [3.05, 3.63) is 29.0 Å². The van der Waals surface area contributed by atoms with Crippen LogP contribution >= 0.6 is 11.6 Å². The van der Waals surface area contributed by atoms with E-state index in [9.17, 15) is 12.8 Å². The van der Waals surface area contributed by atoms with Gasteiger partial charge in [-0.3, -0.25) is 0 Å². The van der Waals surface area contributed by atoms with Crippen molar-refractivity contribution < 1.29 is 12.8 Å². The van der Waals surface area contributed by atoms with Crippen LogP contribution in [-0.4, -0.2) is 50.3 Å². The maximum absolute atomic E-state index is 13.7. The molecule has 0 unspecified atom stereocenters. The van der Waals surface area contributed by atoms with Crippen molar-refractivity contribution in [2.45, 2.75) is 11.8 Å². The third-order valence-electron chi connectivity index (χ3n) is 3.29. The zero-order valence-corrected chi connectivity index (χ0v) is 12.2. The van der Waals surface area contributed by atoms with Gasteiger partial charge in [-0.2, -0.15) is 4.31 Å². The molecule has 0 atom stereocenters. The summed E-state index contributed by atoms with van der Waals surface area (Å²) in [5, 5.41) is 0.187. The summed E-state index contributed by atoms with van der Waals surface area (Å²) in [6, 6.07) is 3.63. The van der Waals surface area contributed by atoms with Crippen molar-refractivity contribution in [3.8, 4) is 0 Å². The lowest BCUT2D eigenvalue weighted by atomic mass is 10.3. The molecule has 1 aliphatic heterocycles. The van der Waals surface area contributed by atoms with Crippen LogP contribution in [0.1, 0.15) is 6.92 Å². The van der Waals surface area contributed by atoms with Crippen molar-refractivity contribution in [3.63, 3.8) is 0 Å². The Morgan fingerprint density at radius 2 is 1.89 bits per heavy atom. The number of sulfonamides is 1. The summed E-state index contributed by atoms with van der Waals surface area (Å²) in [4.78, 5) is 1.85. The fourth-order valence-electron chi connectivity index (χ4n) is 2.11. The maximum atomic E-state index is 13.7. The average molecular weight is 307 g/mol. The Morgan fingerprint density at radius 1 is 1.26 bits per heavy atom. The number of piperazine rings is 1. The minimum Gasteiger partial charge on any atom is -0.301 e. The molecule has 106 valence electrons. The first kappa shape index (κ1) is 14.7. The van der Waals surface area contributed by atoms with E-state index < -0.39 is 15.8 Å². The van der Waals surface area contributed by atoms with E-state index in [0.29, 0.717) is 26.2 Å². The fraction of sp³-hybridized carbons (Fsp3) is 0.500. The smallest absolute Gasteiger partial charge is 0.246 e. The molecule has 0 saturated carbocycles. The molecule has 1 aromatic rings. The van der Waals surface area contributed by atoms with Crippen LogP contribution in [-0.2, 0) is 10.0 Å². The van der Waals surface area contributed by atoms with Crippen LogP contribution in [0.2, 0.25) is 5.02 Å². The number of nitrogens with zero attached hydrogens (tertiary/aromatic N) is 2. The van der Waals surface area contributed by atoms with E-state index >= 15 is 0 Å². The van der Waals surface area contributed by atoms with E-state index in [-0.39, 0.29) is 9.92 Å². The van der Waals surface area contributed by atoms with Gasteiger partial charge in [0.15, 0.2) is 0 Å². The number of hydrogen-bond acceptors (Lipinski definition) is 3. The van der Waals surface area contributed by atoms with Crippen molar-refractivity contribution in [2.24, 2.45) is 0 Å². The minimum absolute atomic E-state index is 0.187. The third-order valence-corrected chi connectivity index (χ3v) is 5.46. The van der Waals surface area contributed by atoms with E-state index in [1.54, 1.807) is 0 Å². The molecule has 0 aromatic heterocycles. The molecule has 1 fully saturated rings. The minimum atomic E-state index is -3.77. The third kappa shape index (κ3) is 3.08. The number of halogens is 2. The predicted molar refractivity (Wildman–Crippen MR) is 72.3 cm³/mol. The van der Waals surface area contributed by atoms with Gasteiger partial charge in [0.1, 0.15) is 10.7 Å². The highest BCUT2D eigenvalue weighted by atomic mass is 35.5. The second-order valence-electron chi connectivity index (χ2n) is 4.41. The van der Waals surface area contributed by atoms with Gasteiger partial charge in [0.2, 0.25) is 10.0 Å². The van der Waals surface area contributed by atoms with Gasteiger partial charge in [-0.1, -0.05) is 18.5 Å². The summed E-state index contributed by atoms with van der Waals surface area (Å²) in [5.74, 6) is -0.801. The molecule has 0 amide bonds. The molecule has 0 radical (unpaired) electrons. The van der Waals surface area contributed by atoms with Crippen LogP contribution in [0.3, 0.4) is 0 Å².